The maximum absolute atomic E-state index is 13.1. The van der Waals surface area contributed by atoms with Gasteiger partial charge in [-0.3, -0.25) is 0 Å². The molecule has 0 saturated heterocycles. The van der Waals surface area contributed by atoms with Crippen LogP contribution in [0.2, 0.25) is 0 Å². The molecule has 3 heteroatoms. The maximum atomic E-state index is 13.1. The molecule has 1 atom stereocenters. The number of nitrogens with two attached hydrogens (primary N) is 1. The highest BCUT2D eigenvalue weighted by atomic mass is 19.1. The van der Waals surface area contributed by atoms with Crippen molar-refractivity contribution in [2.45, 2.75) is 12.5 Å². The predicted octanol–water partition coefficient (Wildman–Crippen LogP) is 1.61. The minimum absolute atomic E-state index is 0.0792. The first-order valence-electron chi connectivity index (χ1n) is 3.96. The smallest absolute Gasteiger partial charge is 0.165 e. The molecule has 0 radical (unpaired) electrons. The van der Waals surface area contributed by atoms with Gasteiger partial charge in [0.15, 0.2) is 11.6 Å². The summed E-state index contributed by atoms with van der Waals surface area (Å²) in [5.74, 6) is 0.0129. The summed E-state index contributed by atoms with van der Waals surface area (Å²) in [5.41, 5.74) is 6.55. The van der Waals surface area contributed by atoms with Gasteiger partial charge >= 0.3 is 0 Å². The Kier molecular flexibility index (Phi) is 1.73. The molecule has 0 aromatic heterocycles. The Morgan fingerprint density at radius 1 is 1.50 bits per heavy atom. The van der Waals surface area contributed by atoms with Crippen molar-refractivity contribution in [1.82, 2.24) is 0 Å². The summed E-state index contributed by atoms with van der Waals surface area (Å²) in [7, 11) is 0. The SMILES string of the molecule is NC1CCOc2c(F)cccc21. The average molecular weight is 167 g/mol. The Hall–Kier alpha value is -1.09. The summed E-state index contributed by atoms with van der Waals surface area (Å²) in [6.45, 7) is 0.509. The summed E-state index contributed by atoms with van der Waals surface area (Å²) < 4.78 is 18.2. The number of halogens is 1. The Balaban J connectivity index is 2.52. The standard InChI is InChI=1S/C9H10FNO/c10-7-3-1-2-6-8(11)4-5-12-9(6)7/h1-3,8H,4-5,11H2. The van der Waals surface area contributed by atoms with Crippen LogP contribution in [0, 0.1) is 5.82 Å². The molecular formula is C9H10FNO. The number of benzene rings is 1. The van der Waals surface area contributed by atoms with E-state index >= 15 is 0 Å². The van der Waals surface area contributed by atoms with Gasteiger partial charge in [-0.2, -0.15) is 0 Å². The number of hydrogen-bond acceptors (Lipinski definition) is 2. The fourth-order valence-electron chi connectivity index (χ4n) is 1.41. The predicted molar refractivity (Wildman–Crippen MR) is 43.4 cm³/mol. The van der Waals surface area contributed by atoms with E-state index in [1.807, 2.05) is 6.07 Å². The first-order valence-corrected chi connectivity index (χ1v) is 3.96. The molecule has 2 rings (SSSR count). The minimum Gasteiger partial charge on any atom is -0.490 e. The summed E-state index contributed by atoms with van der Waals surface area (Å²) in [6.07, 6.45) is 0.760. The van der Waals surface area contributed by atoms with Gasteiger partial charge in [0.25, 0.3) is 0 Å². The molecule has 1 heterocycles. The Labute approximate surface area is 70.1 Å². The van der Waals surface area contributed by atoms with Crippen molar-refractivity contribution >= 4 is 0 Å². The van der Waals surface area contributed by atoms with Crippen LogP contribution in [-0.4, -0.2) is 6.61 Å². The van der Waals surface area contributed by atoms with Crippen LogP contribution in [0.1, 0.15) is 18.0 Å². The number of ether oxygens (including phenoxy) is 1. The van der Waals surface area contributed by atoms with E-state index in [1.54, 1.807) is 6.07 Å². The van der Waals surface area contributed by atoms with Gasteiger partial charge in [0.1, 0.15) is 0 Å². The molecule has 0 amide bonds. The first kappa shape index (κ1) is 7.55. The van der Waals surface area contributed by atoms with E-state index in [0.29, 0.717) is 12.4 Å². The van der Waals surface area contributed by atoms with E-state index in [4.69, 9.17) is 10.5 Å². The summed E-state index contributed by atoms with van der Waals surface area (Å²) in [4.78, 5) is 0. The monoisotopic (exact) mass is 167 g/mol. The fraction of sp³-hybridized carbons (Fsp3) is 0.333. The molecule has 1 aromatic rings. The van der Waals surface area contributed by atoms with E-state index in [-0.39, 0.29) is 11.9 Å². The van der Waals surface area contributed by atoms with Crippen molar-refractivity contribution in [3.8, 4) is 5.75 Å². The van der Waals surface area contributed by atoms with Crippen molar-refractivity contribution in [3.63, 3.8) is 0 Å². The molecule has 64 valence electrons. The van der Waals surface area contributed by atoms with Crippen LogP contribution in [-0.2, 0) is 0 Å². The molecule has 0 bridgehead atoms. The largest absolute Gasteiger partial charge is 0.490 e. The van der Waals surface area contributed by atoms with Gasteiger partial charge in [-0.05, 0) is 6.07 Å². The number of hydrogen-bond donors (Lipinski definition) is 1. The van der Waals surface area contributed by atoms with E-state index in [0.717, 1.165) is 12.0 Å². The van der Waals surface area contributed by atoms with Crippen LogP contribution in [0.3, 0.4) is 0 Å². The Morgan fingerprint density at radius 2 is 2.33 bits per heavy atom. The van der Waals surface area contributed by atoms with Gasteiger partial charge in [-0.1, -0.05) is 12.1 Å². The van der Waals surface area contributed by atoms with Gasteiger partial charge in [0.2, 0.25) is 0 Å². The molecule has 12 heavy (non-hydrogen) atoms. The van der Waals surface area contributed by atoms with E-state index in [1.165, 1.54) is 6.07 Å². The van der Waals surface area contributed by atoms with Gasteiger partial charge in [-0.15, -0.1) is 0 Å². The number of para-hydroxylation sites is 1. The molecule has 0 spiro atoms. The van der Waals surface area contributed by atoms with Crippen LogP contribution in [0.4, 0.5) is 4.39 Å². The van der Waals surface area contributed by atoms with Gasteiger partial charge < -0.3 is 10.5 Å². The minimum atomic E-state index is -0.317. The molecule has 1 aliphatic heterocycles. The first-order chi connectivity index (χ1) is 5.79. The van der Waals surface area contributed by atoms with Crippen molar-refractivity contribution in [3.05, 3.63) is 29.6 Å². The van der Waals surface area contributed by atoms with Crippen LogP contribution < -0.4 is 10.5 Å². The molecule has 1 aromatic carbocycles. The Bertz CT molecular complexity index is 301. The number of rotatable bonds is 0. The normalized spacial score (nSPS) is 21.3. The lowest BCUT2D eigenvalue weighted by Crippen LogP contribution is -2.21. The highest BCUT2D eigenvalue weighted by Crippen LogP contribution is 2.32. The third-order valence-corrected chi connectivity index (χ3v) is 2.07. The highest BCUT2D eigenvalue weighted by molar-refractivity contribution is 5.38. The second-order valence-corrected chi connectivity index (χ2v) is 2.90. The van der Waals surface area contributed by atoms with Crippen molar-refractivity contribution in [1.29, 1.82) is 0 Å². The van der Waals surface area contributed by atoms with Crippen molar-refractivity contribution in [2.75, 3.05) is 6.61 Å². The summed E-state index contributed by atoms with van der Waals surface area (Å²) in [6, 6.07) is 4.77. The van der Waals surface area contributed by atoms with Crippen molar-refractivity contribution < 1.29 is 9.13 Å². The van der Waals surface area contributed by atoms with Crippen molar-refractivity contribution in [2.24, 2.45) is 5.73 Å². The van der Waals surface area contributed by atoms with Gasteiger partial charge in [-0.25, -0.2) is 4.39 Å². The summed E-state index contributed by atoms with van der Waals surface area (Å²) >= 11 is 0. The molecule has 1 unspecified atom stereocenters. The zero-order chi connectivity index (χ0) is 8.55. The fourth-order valence-corrected chi connectivity index (χ4v) is 1.41. The van der Waals surface area contributed by atoms with Gasteiger partial charge in [0.05, 0.1) is 6.61 Å². The number of fused-ring (bicyclic) bond motifs is 1. The third-order valence-electron chi connectivity index (χ3n) is 2.07. The van der Waals surface area contributed by atoms with Gasteiger partial charge in [0, 0.05) is 18.0 Å². The lowest BCUT2D eigenvalue weighted by atomic mass is 10.0. The molecule has 0 saturated carbocycles. The second-order valence-electron chi connectivity index (χ2n) is 2.90. The zero-order valence-electron chi connectivity index (χ0n) is 6.59. The molecule has 0 fully saturated rings. The Morgan fingerprint density at radius 3 is 3.08 bits per heavy atom. The average Bonchev–Trinajstić information content (AvgIpc) is 2.07. The molecule has 1 aliphatic rings. The molecule has 0 aliphatic carbocycles. The zero-order valence-corrected chi connectivity index (χ0v) is 6.59. The van der Waals surface area contributed by atoms with E-state index in [2.05, 4.69) is 0 Å². The molecule has 2 nitrogen and oxygen atoms in total. The van der Waals surface area contributed by atoms with Crippen LogP contribution in [0.15, 0.2) is 18.2 Å². The van der Waals surface area contributed by atoms with E-state index < -0.39 is 0 Å². The maximum Gasteiger partial charge on any atom is 0.165 e. The summed E-state index contributed by atoms with van der Waals surface area (Å²) in [5, 5.41) is 0. The highest BCUT2D eigenvalue weighted by Gasteiger charge is 2.20. The van der Waals surface area contributed by atoms with E-state index in [9.17, 15) is 4.39 Å². The lowest BCUT2D eigenvalue weighted by Gasteiger charge is -2.22. The quantitative estimate of drug-likeness (QED) is 0.637. The third kappa shape index (κ3) is 1.06. The lowest BCUT2D eigenvalue weighted by molar-refractivity contribution is 0.255. The molecular weight excluding hydrogens is 157 g/mol. The topological polar surface area (TPSA) is 35.2 Å². The molecule has 2 N–H and O–H groups in total. The second kappa shape index (κ2) is 2.75. The van der Waals surface area contributed by atoms with Crippen LogP contribution >= 0.6 is 0 Å². The van der Waals surface area contributed by atoms with Crippen LogP contribution in [0.25, 0.3) is 0 Å². The van der Waals surface area contributed by atoms with Crippen LogP contribution in [0.5, 0.6) is 5.75 Å².